The van der Waals surface area contributed by atoms with E-state index in [4.69, 9.17) is 9.47 Å². The molecule has 0 bridgehead atoms. The first-order chi connectivity index (χ1) is 17.0. The van der Waals surface area contributed by atoms with E-state index < -0.39 is 0 Å². The van der Waals surface area contributed by atoms with Crippen LogP contribution in [-0.4, -0.2) is 38.0 Å². The Morgan fingerprint density at radius 3 is 2.28 bits per heavy atom. The number of likely N-dealkylation sites (N-methyl/N-ethyl adjacent to an activating group) is 1. The van der Waals surface area contributed by atoms with Gasteiger partial charge in [0.05, 0.1) is 20.4 Å². The fourth-order valence-corrected chi connectivity index (χ4v) is 4.67. The average molecular weight is 529 g/mol. The van der Waals surface area contributed by atoms with Crippen LogP contribution in [0.5, 0.6) is 11.5 Å². The molecule has 4 rings (SSSR count). The monoisotopic (exact) mass is 528 g/mol. The molecule has 0 saturated carbocycles. The Morgan fingerprint density at radius 2 is 1.64 bits per heavy atom. The Bertz CT molecular complexity index is 1260. The molecule has 0 amide bonds. The number of ether oxygens (including phenoxy) is 2. The molecule has 36 heavy (non-hydrogen) atoms. The topological polar surface area (TPSA) is 66.7 Å². The maximum Gasteiger partial charge on any atom is 0.238 e. The summed E-state index contributed by atoms with van der Waals surface area (Å²) in [5, 5.41) is 18.4. The quantitative estimate of drug-likeness (QED) is 0.224. The van der Waals surface area contributed by atoms with Gasteiger partial charge in [-0.2, -0.15) is 5.10 Å². The largest absolute Gasteiger partial charge is 0.497 e. The van der Waals surface area contributed by atoms with Crippen LogP contribution < -0.4 is 14.4 Å². The first kappa shape index (κ1) is 27.0. The number of aliphatic hydroxyl groups is 1. The second kappa shape index (κ2) is 11.9. The molecule has 3 aromatic carbocycles. The summed E-state index contributed by atoms with van der Waals surface area (Å²) in [4.78, 5) is 2.30. The van der Waals surface area contributed by atoms with Crippen LogP contribution in [0.15, 0.2) is 94.8 Å². The number of rotatable bonds is 8. The van der Waals surface area contributed by atoms with Crippen LogP contribution in [0, 0.1) is 0 Å². The summed E-state index contributed by atoms with van der Waals surface area (Å²) in [6.07, 6.45) is 4.42. The van der Waals surface area contributed by atoms with Crippen molar-refractivity contribution < 1.29 is 31.4 Å². The van der Waals surface area contributed by atoms with Gasteiger partial charge in [-0.25, -0.2) is 0 Å². The molecule has 1 aliphatic heterocycles. The molecule has 1 atom stereocenters. The van der Waals surface area contributed by atoms with Crippen LogP contribution >= 0.6 is 0 Å². The fraction of sp³-hybridized carbons (Fsp3) is 0.241. The van der Waals surface area contributed by atoms with Crippen molar-refractivity contribution in [3.05, 3.63) is 101 Å². The van der Waals surface area contributed by atoms with Crippen LogP contribution in [0.3, 0.4) is 0 Å². The Labute approximate surface area is 223 Å². The smallest absolute Gasteiger partial charge is 0.238 e. The van der Waals surface area contributed by atoms with Gasteiger partial charge in [-0.15, -0.1) is 5.10 Å². The molecule has 1 unspecified atom stereocenters. The second-order valence-corrected chi connectivity index (χ2v) is 8.59. The van der Waals surface area contributed by atoms with E-state index in [0.717, 1.165) is 35.8 Å². The number of aliphatic hydroxyl groups excluding tert-OH is 1. The zero-order valence-corrected chi connectivity index (χ0v) is 22.0. The van der Waals surface area contributed by atoms with E-state index in [1.54, 1.807) is 32.6 Å². The number of allylic oxidation sites excluding steroid dienone is 2. The van der Waals surface area contributed by atoms with E-state index in [1.165, 1.54) is 11.1 Å². The van der Waals surface area contributed by atoms with Crippen molar-refractivity contribution in [1.82, 2.24) is 0 Å². The van der Waals surface area contributed by atoms with Gasteiger partial charge in [-0.05, 0) is 79.9 Å². The number of hydrogen-bond donors (Lipinski definition) is 1. The minimum absolute atomic E-state index is 0. The molecule has 1 aliphatic rings. The van der Waals surface area contributed by atoms with E-state index in [1.807, 2.05) is 42.5 Å². The van der Waals surface area contributed by atoms with Crippen molar-refractivity contribution in [2.45, 2.75) is 25.7 Å². The predicted molar refractivity (Wildman–Crippen MR) is 142 cm³/mol. The third kappa shape index (κ3) is 5.47. The summed E-state index contributed by atoms with van der Waals surface area (Å²) >= 11 is 0. The predicted octanol–water partition coefficient (Wildman–Crippen LogP) is 5.92. The van der Waals surface area contributed by atoms with Gasteiger partial charge >= 0.3 is 0 Å². The van der Waals surface area contributed by atoms with Crippen molar-refractivity contribution in [2.24, 2.45) is 10.2 Å². The van der Waals surface area contributed by atoms with Crippen LogP contribution in [0.4, 0.5) is 5.69 Å². The van der Waals surface area contributed by atoms with Crippen molar-refractivity contribution in [2.75, 3.05) is 25.7 Å². The standard InChI is InChI=1S/C29H31N3O3.Co/c1-5-32-26-16-15-24(35-4)19-25(26)29(2,20-21-11-13-23(34-3)14-12-21)27(32)17-18-30-31-28(33)22-9-7-6-8-10-22;/h6-19H,5,20H2,1-4H3,(H,31,33);/b27-17-,30-18+;. The second-order valence-electron chi connectivity index (χ2n) is 8.59. The molecular weight excluding hydrogens is 497 g/mol. The Morgan fingerprint density at radius 1 is 0.972 bits per heavy atom. The molecule has 0 fully saturated rings. The molecule has 189 valence electrons. The Hall–Kier alpha value is -3.55. The van der Waals surface area contributed by atoms with Crippen molar-refractivity contribution in [3.8, 4) is 11.5 Å². The first-order valence-electron chi connectivity index (χ1n) is 11.6. The van der Waals surface area contributed by atoms with Gasteiger partial charge in [-0.1, -0.05) is 30.3 Å². The molecule has 1 N–H and O–H groups in total. The molecule has 3 aromatic rings. The van der Waals surface area contributed by atoms with Gasteiger partial charge in [0.25, 0.3) is 0 Å². The van der Waals surface area contributed by atoms with Crippen molar-refractivity contribution in [1.29, 1.82) is 0 Å². The van der Waals surface area contributed by atoms with E-state index in [0.29, 0.717) is 5.56 Å². The van der Waals surface area contributed by atoms with Crippen molar-refractivity contribution >= 4 is 17.8 Å². The van der Waals surface area contributed by atoms with Gasteiger partial charge in [-0.3, -0.25) is 0 Å². The first-order valence-corrected chi connectivity index (χ1v) is 11.6. The number of methoxy groups -OCH3 is 2. The van der Waals surface area contributed by atoms with Gasteiger partial charge in [0.1, 0.15) is 11.5 Å². The van der Waals surface area contributed by atoms with Crippen molar-refractivity contribution in [3.63, 3.8) is 0 Å². The van der Waals surface area contributed by atoms with Crippen LogP contribution in [0.2, 0.25) is 0 Å². The zero-order valence-electron chi connectivity index (χ0n) is 20.9. The third-order valence-corrected chi connectivity index (χ3v) is 6.46. The Kier molecular flexibility index (Phi) is 8.96. The maximum atomic E-state index is 10.2. The minimum atomic E-state index is -0.328. The number of benzene rings is 3. The maximum absolute atomic E-state index is 10.2. The van der Waals surface area contributed by atoms with E-state index in [-0.39, 0.29) is 28.1 Å². The third-order valence-electron chi connectivity index (χ3n) is 6.46. The molecule has 7 heteroatoms. The van der Waals surface area contributed by atoms with Gasteiger partial charge < -0.3 is 19.5 Å². The molecule has 0 saturated heterocycles. The summed E-state index contributed by atoms with van der Waals surface area (Å²) < 4.78 is 10.9. The van der Waals surface area contributed by atoms with E-state index in [2.05, 4.69) is 53.2 Å². The molecule has 6 nitrogen and oxygen atoms in total. The number of hydrogen-bond acceptors (Lipinski definition) is 5. The van der Waals surface area contributed by atoms with Gasteiger partial charge in [0.15, 0.2) is 0 Å². The average Bonchev–Trinajstić information content (AvgIpc) is 3.13. The normalized spacial score (nSPS) is 18.3. The zero-order chi connectivity index (χ0) is 24.8. The van der Waals surface area contributed by atoms with Gasteiger partial charge in [0, 0.05) is 45.7 Å². The summed E-state index contributed by atoms with van der Waals surface area (Å²) in [5.41, 5.74) is 4.95. The summed E-state index contributed by atoms with van der Waals surface area (Å²) in [6.45, 7) is 5.18. The molecule has 0 spiro atoms. The number of nitrogens with zero attached hydrogens (tertiary/aromatic N) is 3. The Balaban J connectivity index is 0.00000361. The molecule has 1 radical (unpaired) electrons. The number of fused-ring (bicyclic) bond motifs is 1. The van der Waals surface area contributed by atoms with Gasteiger partial charge in [0.2, 0.25) is 5.90 Å². The molecular formula is C29H31CoN3O3. The van der Waals surface area contributed by atoms with Crippen LogP contribution in [0.1, 0.15) is 30.5 Å². The summed E-state index contributed by atoms with van der Waals surface area (Å²) in [7, 11) is 3.36. The van der Waals surface area contributed by atoms with Crippen LogP contribution in [-0.2, 0) is 28.6 Å². The summed E-state index contributed by atoms with van der Waals surface area (Å²) in [6, 6.07) is 23.6. The molecule has 0 aromatic heterocycles. The number of anilines is 1. The van der Waals surface area contributed by atoms with E-state index >= 15 is 0 Å². The fourth-order valence-electron chi connectivity index (χ4n) is 4.67. The van der Waals surface area contributed by atoms with Crippen LogP contribution in [0.25, 0.3) is 0 Å². The molecule has 1 heterocycles. The molecule has 0 aliphatic carbocycles. The van der Waals surface area contributed by atoms with E-state index in [9.17, 15) is 5.11 Å². The summed E-state index contributed by atoms with van der Waals surface area (Å²) in [5.74, 6) is 1.54. The minimum Gasteiger partial charge on any atom is -0.497 e. The SMILES string of the molecule is CCN1\C(=C/C=N/N=C(\O)c2ccccc2)C(C)(Cc2ccc(OC)cc2)c2cc(OC)ccc21.[Co].